The number of nitrogens with two attached hydrogens (primary N) is 1. The maximum absolute atomic E-state index is 5.89. The van der Waals surface area contributed by atoms with Crippen molar-refractivity contribution in [3.05, 3.63) is 51.7 Å². The van der Waals surface area contributed by atoms with E-state index in [0.717, 1.165) is 15.0 Å². The highest BCUT2D eigenvalue weighted by molar-refractivity contribution is 7.16. The first-order chi connectivity index (χ1) is 7.79. The Labute approximate surface area is 104 Å². The average molecular weight is 254 g/mol. The fourth-order valence-corrected chi connectivity index (χ4v) is 2.49. The van der Waals surface area contributed by atoms with E-state index in [2.05, 4.69) is 0 Å². The van der Waals surface area contributed by atoms with Crippen LogP contribution < -0.4 is 10.5 Å². The lowest BCUT2D eigenvalue weighted by Crippen LogP contribution is -2.17. The Morgan fingerprint density at radius 3 is 2.50 bits per heavy atom. The van der Waals surface area contributed by atoms with Crippen LogP contribution in [-0.2, 0) is 0 Å². The second-order valence-electron chi connectivity index (χ2n) is 3.30. The van der Waals surface area contributed by atoms with E-state index in [1.54, 1.807) is 0 Å². The van der Waals surface area contributed by atoms with Crippen LogP contribution in [0.1, 0.15) is 11.0 Å². The van der Waals surface area contributed by atoms with E-state index in [1.807, 2.05) is 42.5 Å². The lowest BCUT2D eigenvalue weighted by Gasteiger charge is -2.15. The monoisotopic (exact) mass is 253 g/mol. The molecule has 16 heavy (non-hydrogen) atoms. The van der Waals surface area contributed by atoms with Gasteiger partial charge >= 0.3 is 0 Å². The summed E-state index contributed by atoms with van der Waals surface area (Å²) in [6.07, 6.45) is -0.125. The van der Waals surface area contributed by atoms with Crippen molar-refractivity contribution in [1.29, 1.82) is 0 Å². The largest absolute Gasteiger partial charge is 0.484 e. The normalized spacial score (nSPS) is 12.4. The van der Waals surface area contributed by atoms with Gasteiger partial charge in [0.05, 0.1) is 4.34 Å². The summed E-state index contributed by atoms with van der Waals surface area (Å²) in [6.45, 7) is 0.436. The van der Waals surface area contributed by atoms with Crippen molar-refractivity contribution in [3.63, 3.8) is 0 Å². The van der Waals surface area contributed by atoms with Crippen molar-refractivity contribution >= 4 is 22.9 Å². The average Bonchev–Trinajstić information content (AvgIpc) is 2.74. The molecule has 0 amide bonds. The lowest BCUT2D eigenvalue weighted by atomic mass is 10.3. The van der Waals surface area contributed by atoms with E-state index in [4.69, 9.17) is 22.1 Å². The quantitative estimate of drug-likeness (QED) is 0.906. The van der Waals surface area contributed by atoms with E-state index < -0.39 is 0 Å². The predicted octanol–water partition coefficient (Wildman–Crippen LogP) is 3.48. The Balaban J connectivity index is 2.12. The van der Waals surface area contributed by atoms with Gasteiger partial charge in [-0.15, -0.1) is 11.3 Å². The Kier molecular flexibility index (Phi) is 3.83. The molecule has 1 unspecified atom stereocenters. The highest BCUT2D eigenvalue weighted by Gasteiger charge is 2.13. The van der Waals surface area contributed by atoms with Crippen LogP contribution in [-0.4, -0.2) is 6.54 Å². The van der Waals surface area contributed by atoms with Crippen molar-refractivity contribution in [2.45, 2.75) is 6.10 Å². The number of hydrogen-bond donors (Lipinski definition) is 1. The molecule has 0 bridgehead atoms. The highest BCUT2D eigenvalue weighted by atomic mass is 35.5. The van der Waals surface area contributed by atoms with Crippen LogP contribution in [0.25, 0.3) is 0 Å². The molecule has 0 spiro atoms. The summed E-state index contributed by atoms with van der Waals surface area (Å²) in [7, 11) is 0. The minimum absolute atomic E-state index is 0.125. The van der Waals surface area contributed by atoms with Gasteiger partial charge in [-0.25, -0.2) is 0 Å². The van der Waals surface area contributed by atoms with E-state index >= 15 is 0 Å². The molecule has 2 rings (SSSR count). The highest BCUT2D eigenvalue weighted by Crippen LogP contribution is 2.29. The molecular weight excluding hydrogens is 242 g/mol. The second-order valence-corrected chi connectivity index (χ2v) is 5.04. The molecule has 0 fully saturated rings. The number of para-hydroxylation sites is 1. The number of benzene rings is 1. The number of hydrogen-bond acceptors (Lipinski definition) is 3. The summed E-state index contributed by atoms with van der Waals surface area (Å²) >= 11 is 7.39. The van der Waals surface area contributed by atoms with Gasteiger partial charge in [-0.05, 0) is 24.3 Å². The molecule has 0 radical (unpaired) electrons. The molecule has 0 aliphatic rings. The first kappa shape index (κ1) is 11.5. The van der Waals surface area contributed by atoms with Gasteiger partial charge in [0, 0.05) is 11.4 Å². The molecule has 0 aliphatic carbocycles. The number of thiophene rings is 1. The minimum Gasteiger partial charge on any atom is -0.484 e. The number of ether oxygens (including phenoxy) is 1. The molecule has 84 valence electrons. The van der Waals surface area contributed by atoms with Gasteiger partial charge in [-0.2, -0.15) is 0 Å². The van der Waals surface area contributed by atoms with E-state index in [-0.39, 0.29) is 6.10 Å². The predicted molar refractivity (Wildman–Crippen MR) is 68.2 cm³/mol. The SMILES string of the molecule is NCC(Oc1ccccc1)c1ccc(Cl)s1. The summed E-state index contributed by atoms with van der Waals surface area (Å²) < 4.78 is 6.54. The van der Waals surface area contributed by atoms with Gasteiger partial charge in [0.1, 0.15) is 11.9 Å². The van der Waals surface area contributed by atoms with E-state index in [9.17, 15) is 0 Å². The van der Waals surface area contributed by atoms with Crippen molar-refractivity contribution in [2.24, 2.45) is 5.73 Å². The Morgan fingerprint density at radius 1 is 1.19 bits per heavy atom. The summed E-state index contributed by atoms with van der Waals surface area (Å²) in [5.74, 6) is 0.822. The van der Waals surface area contributed by atoms with E-state index in [1.165, 1.54) is 11.3 Å². The molecule has 2 aromatic rings. The molecule has 1 aromatic heterocycles. The zero-order valence-electron chi connectivity index (χ0n) is 8.60. The number of halogens is 1. The van der Waals surface area contributed by atoms with Crippen molar-refractivity contribution in [3.8, 4) is 5.75 Å². The number of rotatable bonds is 4. The van der Waals surface area contributed by atoms with Gasteiger partial charge in [0.2, 0.25) is 0 Å². The molecule has 0 saturated heterocycles. The molecule has 4 heteroatoms. The fraction of sp³-hybridized carbons (Fsp3) is 0.167. The smallest absolute Gasteiger partial charge is 0.145 e. The summed E-state index contributed by atoms with van der Waals surface area (Å²) in [5.41, 5.74) is 5.70. The van der Waals surface area contributed by atoms with Gasteiger partial charge in [-0.3, -0.25) is 0 Å². The molecule has 1 aromatic carbocycles. The third-order valence-corrected chi connectivity index (χ3v) is 3.47. The second kappa shape index (κ2) is 5.34. The van der Waals surface area contributed by atoms with Crippen LogP contribution in [0.4, 0.5) is 0 Å². The van der Waals surface area contributed by atoms with Gasteiger partial charge < -0.3 is 10.5 Å². The summed E-state index contributed by atoms with van der Waals surface area (Å²) in [6, 6.07) is 13.5. The minimum atomic E-state index is -0.125. The first-order valence-corrected chi connectivity index (χ1v) is 6.16. The third kappa shape index (κ3) is 2.76. The summed E-state index contributed by atoms with van der Waals surface area (Å²) in [5, 5.41) is 0. The van der Waals surface area contributed by atoms with Gasteiger partial charge in [-0.1, -0.05) is 29.8 Å². The maximum Gasteiger partial charge on any atom is 0.145 e. The molecule has 0 aliphatic heterocycles. The van der Waals surface area contributed by atoms with Crippen LogP contribution in [0.3, 0.4) is 0 Å². The Hall–Kier alpha value is -1.03. The lowest BCUT2D eigenvalue weighted by molar-refractivity contribution is 0.218. The van der Waals surface area contributed by atoms with Crippen LogP contribution in [0.5, 0.6) is 5.75 Å². The summed E-state index contributed by atoms with van der Waals surface area (Å²) in [4.78, 5) is 1.05. The van der Waals surface area contributed by atoms with Crippen molar-refractivity contribution in [1.82, 2.24) is 0 Å². The van der Waals surface area contributed by atoms with Crippen LogP contribution in [0.15, 0.2) is 42.5 Å². The molecule has 1 atom stereocenters. The first-order valence-electron chi connectivity index (χ1n) is 4.96. The van der Waals surface area contributed by atoms with Crippen molar-refractivity contribution in [2.75, 3.05) is 6.54 Å². The third-order valence-electron chi connectivity index (χ3n) is 2.15. The Morgan fingerprint density at radius 2 is 1.94 bits per heavy atom. The molecule has 1 heterocycles. The van der Waals surface area contributed by atoms with Gasteiger partial charge in [0.25, 0.3) is 0 Å². The topological polar surface area (TPSA) is 35.2 Å². The Bertz CT molecular complexity index is 443. The van der Waals surface area contributed by atoms with Crippen LogP contribution in [0.2, 0.25) is 4.34 Å². The molecule has 2 N–H and O–H groups in total. The van der Waals surface area contributed by atoms with E-state index in [0.29, 0.717) is 6.54 Å². The van der Waals surface area contributed by atoms with Crippen LogP contribution in [0, 0.1) is 0 Å². The van der Waals surface area contributed by atoms with Crippen LogP contribution >= 0.6 is 22.9 Å². The molecule has 2 nitrogen and oxygen atoms in total. The maximum atomic E-state index is 5.89. The zero-order chi connectivity index (χ0) is 11.4. The standard InChI is InChI=1S/C12H12ClNOS/c13-12-7-6-11(16-12)10(8-14)15-9-4-2-1-3-5-9/h1-7,10H,8,14H2. The fourth-order valence-electron chi connectivity index (χ4n) is 1.39. The molecule has 0 saturated carbocycles. The molecular formula is C12H12ClNOS. The van der Waals surface area contributed by atoms with Gasteiger partial charge in [0.15, 0.2) is 0 Å². The van der Waals surface area contributed by atoms with Crippen molar-refractivity contribution < 1.29 is 4.74 Å². The zero-order valence-corrected chi connectivity index (χ0v) is 10.2.